The van der Waals surface area contributed by atoms with Crippen LogP contribution >= 0.6 is 23.2 Å². The molecule has 0 N–H and O–H groups in total. The van der Waals surface area contributed by atoms with Crippen LogP contribution in [0.15, 0.2) is 35.4 Å². The second-order valence-electron chi connectivity index (χ2n) is 2.99. The van der Waals surface area contributed by atoms with E-state index in [0.29, 0.717) is 0 Å². The summed E-state index contributed by atoms with van der Waals surface area (Å²) in [6, 6.07) is 0. The van der Waals surface area contributed by atoms with E-state index in [0.717, 1.165) is 0 Å². The van der Waals surface area contributed by atoms with E-state index in [9.17, 15) is 13.2 Å². The molecule has 0 spiro atoms. The van der Waals surface area contributed by atoms with Gasteiger partial charge >= 0.3 is 6.18 Å². The zero-order valence-corrected chi connectivity index (χ0v) is 8.55. The molecular formula is C9H7Cl2F3. The maximum atomic E-state index is 12.3. The van der Waals surface area contributed by atoms with Crippen molar-refractivity contribution in [1.29, 1.82) is 0 Å². The van der Waals surface area contributed by atoms with Crippen LogP contribution in [0.25, 0.3) is 0 Å². The molecule has 0 heterocycles. The molecule has 5 heteroatoms. The van der Waals surface area contributed by atoms with Crippen molar-refractivity contribution in [2.75, 3.05) is 0 Å². The van der Waals surface area contributed by atoms with E-state index in [-0.39, 0.29) is 11.5 Å². The van der Waals surface area contributed by atoms with Crippen molar-refractivity contribution in [2.24, 2.45) is 0 Å². The molecule has 0 nitrogen and oxygen atoms in total. The van der Waals surface area contributed by atoms with E-state index in [2.05, 4.69) is 6.58 Å². The Morgan fingerprint density at radius 1 is 1.50 bits per heavy atom. The molecule has 1 atom stereocenters. The molecule has 0 aromatic rings. The average Bonchev–Trinajstić information content (AvgIpc) is 2.01. The zero-order valence-electron chi connectivity index (χ0n) is 7.04. The van der Waals surface area contributed by atoms with E-state index in [1.165, 1.54) is 18.2 Å². The molecule has 0 amide bonds. The fourth-order valence-electron chi connectivity index (χ4n) is 1.11. The minimum absolute atomic E-state index is 0.0784. The van der Waals surface area contributed by atoms with Crippen LogP contribution < -0.4 is 0 Å². The van der Waals surface area contributed by atoms with Gasteiger partial charge in [0, 0.05) is 11.5 Å². The molecule has 1 aliphatic rings. The van der Waals surface area contributed by atoms with Crippen molar-refractivity contribution in [3.05, 3.63) is 35.4 Å². The molecule has 0 aliphatic heterocycles. The van der Waals surface area contributed by atoms with Crippen LogP contribution in [0.3, 0.4) is 0 Å². The third kappa shape index (κ3) is 2.34. The molecule has 0 aromatic heterocycles. The molecule has 0 saturated carbocycles. The lowest BCUT2D eigenvalue weighted by Crippen LogP contribution is -2.31. The summed E-state index contributed by atoms with van der Waals surface area (Å²) in [7, 11) is 0. The molecule has 1 aliphatic carbocycles. The molecule has 0 bridgehead atoms. The Balaban J connectivity index is 2.94. The maximum Gasteiger partial charge on any atom is 0.414 e. The molecule has 14 heavy (non-hydrogen) atoms. The first kappa shape index (κ1) is 11.7. The largest absolute Gasteiger partial charge is 0.414 e. The third-order valence-corrected chi connectivity index (χ3v) is 2.65. The highest BCUT2D eigenvalue weighted by Gasteiger charge is 2.45. The van der Waals surface area contributed by atoms with Gasteiger partial charge in [-0.15, -0.1) is 11.6 Å². The smallest absolute Gasteiger partial charge is 0.166 e. The number of hydrogen-bond acceptors (Lipinski definition) is 0. The molecule has 0 aromatic carbocycles. The van der Waals surface area contributed by atoms with Crippen LogP contribution in [-0.2, 0) is 0 Å². The van der Waals surface area contributed by atoms with Gasteiger partial charge in [-0.3, -0.25) is 0 Å². The van der Waals surface area contributed by atoms with Crippen molar-refractivity contribution in [3.63, 3.8) is 0 Å². The van der Waals surface area contributed by atoms with E-state index < -0.39 is 16.6 Å². The highest BCUT2D eigenvalue weighted by atomic mass is 35.5. The summed E-state index contributed by atoms with van der Waals surface area (Å²) >= 11 is 11.4. The number of rotatable bonds is 1. The van der Waals surface area contributed by atoms with Crippen molar-refractivity contribution >= 4 is 23.2 Å². The van der Waals surface area contributed by atoms with Crippen LogP contribution in [0.5, 0.6) is 0 Å². The Kier molecular flexibility index (Phi) is 3.02. The van der Waals surface area contributed by atoms with Crippen LogP contribution in [0, 0.1) is 0 Å². The van der Waals surface area contributed by atoms with Gasteiger partial charge < -0.3 is 0 Å². The maximum absolute atomic E-state index is 12.3. The summed E-state index contributed by atoms with van der Waals surface area (Å²) in [5.74, 6) is 0. The Hall–Kier alpha value is -0.410. The van der Waals surface area contributed by atoms with E-state index in [4.69, 9.17) is 23.2 Å². The molecule has 0 saturated heterocycles. The molecule has 78 valence electrons. The van der Waals surface area contributed by atoms with Crippen LogP contribution in [-0.4, -0.2) is 11.1 Å². The van der Waals surface area contributed by atoms with Crippen molar-refractivity contribution in [1.82, 2.24) is 0 Å². The van der Waals surface area contributed by atoms with Gasteiger partial charge in [-0.1, -0.05) is 30.3 Å². The lowest BCUT2D eigenvalue weighted by molar-refractivity contribution is -0.0953. The van der Waals surface area contributed by atoms with Gasteiger partial charge in [0.15, 0.2) is 0 Å². The summed E-state index contributed by atoms with van der Waals surface area (Å²) in [6.45, 7) is 2.96. The van der Waals surface area contributed by atoms with Gasteiger partial charge in [0.05, 0.1) is 10.4 Å². The molecular weight excluding hydrogens is 236 g/mol. The van der Waals surface area contributed by atoms with Gasteiger partial charge in [0.1, 0.15) is 0 Å². The number of hydrogen-bond donors (Lipinski definition) is 0. The summed E-state index contributed by atoms with van der Waals surface area (Å²) in [5.41, 5.74) is -0.992. The summed E-state index contributed by atoms with van der Waals surface area (Å²) < 4.78 is 37.0. The molecule has 0 fully saturated rings. The highest BCUT2D eigenvalue weighted by Crippen LogP contribution is 2.43. The zero-order chi connectivity index (χ0) is 11.0. The van der Waals surface area contributed by atoms with Crippen molar-refractivity contribution in [2.45, 2.75) is 17.5 Å². The Morgan fingerprint density at radius 2 is 2.07 bits per heavy atom. The Morgan fingerprint density at radius 3 is 2.50 bits per heavy atom. The normalized spacial score (nSPS) is 27.4. The van der Waals surface area contributed by atoms with Crippen LogP contribution in [0.2, 0.25) is 0 Å². The van der Waals surface area contributed by atoms with Gasteiger partial charge in [-0.2, -0.15) is 13.2 Å². The van der Waals surface area contributed by atoms with Crippen LogP contribution in [0.1, 0.15) is 6.42 Å². The summed E-state index contributed by atoms with van der Waals surface area (Å²) in [5, 5.41) is 0.285. The molecule has 1 unspecified atom stereocenters. The SMILES string of the molecule is C=C(C(F)(F)F)C1(Cl)C=CC=C(Cl)C1. The standard InChI is InChI=1S/C9H7Cl2F3/c1-6(9(12,13)14)8(11)4-2-3-7(10)5-8/h2-4H,1,5H2. The lowest BCUT2D eigenvalue weighted by atomic mass is 9.92. The first-order valence-electron chi connectivity index (χ1n) is 3.75. The summed E-state index contributed by atoms with van der Waals surface area (Å²) in [6.07, 6.45) is -0.427. The predicted octanol–water partition coefficient (Wildman–Crippen LogP) is 4.17. The van der Waals surface area contributed by atoms with Gasteiger partial charge in [-0.25, -0.2) is 0 Å². The predicted molar refractivity (Wildman–Crippen MR) is 51.5 cm³/mol. The Bertz CT molecular complexity index is 315. The fourth-order valence-corrected chi connectivity index (χ4v) is 1.79. The Labute approximate surface area is 89.7 Å². The number of halogens is 5. The quantitative estimate of drug-likeness (QED) is 0.479. The first-order valence-corrected chi connectivity index (χ1v) is 4.51. The average molecular weight is 243 g/mol. The summed E-state index contributed by atoms with van der Waals surface area (Å²) in [4.78, 5) is -1.63. The molecule has 1 rings (SSSR count). The minimum atomic E-state index is -4.50. The van der Waals surface area contributed by atoms with Gasteiger partial charge in [0.2, 0.25) is 0 Å². The third-order valence-electron chi connectivity index (χ3n) is 1.91. The number of allylic oxidation sites excluding steroid dienone is 5. The fraction of sp³-hybridized carbons (Fsp3) is 0.333. The van der Waals surface area contributed by atoms with Gasteiger partial charge in [0.25, 0.3) is 0 Å². The van der Waals surface area contributed by atoms with E-state index >= 15 is 0 Å². The lowest BCUT2D eigenvalue weighted by Gasteiger charge is -2.28. The monoisotopic (exact) mass is 242 g/mol. The van der Waals surface area contributed by atoms with Crippen LogP contribution in [0.4, 0.5) is 13.2 Å². The van der Waals surface area contributed by atoms with Crippen molar-refractivity contribution in [3.8, 4) is 0 Å². The van der Waals surface area contributed by atoms with Gasteiger partial charge in [-0.05, 0) is 6.08 Å². The minimum Gasteiger partial charge on any atom is -0.166 e. The second-order valence-corrected chi connectivity index (χ2v) is 4.15. The number of alkyl halides is 4. The topological polar surface area (TPSA) is 0 Å². The second kappa shape index (κ2) is 3.63. The first-order chi connectivity index (χ1) is 6.26. The molecule has 0 radical (unpaired) electrons. The van der Waals surface area contributed by atoms with E-state index in [1.807, 2.05) is 0 Å². The highest BCUT2D eigenvalue weighted by molar-refractivity contribution is 6.33. The van der Waals surface area contributed by atoms with E-state index in [1.54, 1.807) is 0 Å². The van der Waals surface area contributed by atoms with Crippen molar-refractivity contribution < 1.29 is 13.2 Å².